The molecule has 6 heteroatoms. The molecule has 2 unspecified atom stereocenters. The molecule has 0 aromatic carbocycles. The molecule has 6 nitrogen and oxygen atoms in total. The summed E-state index contributed by atoms with van der Waals surface area (Å²) in [4.78, 5) is 11.4. The van der Waals surface area contributed by atoms with Gasteiger partial charge >= 0.3 is 0 Å². The van der Waals surface area contributed by atoms with Crippen LogP contribution in [0.2, 0.25) is 0 Å². The third kappa shape index (κ3) is 3.45. The highest BCUT2D eigenvalue weighted by molar-refractivity contribution is 5.90. The maximum absolute atomic E-state index is 6.51. The quantitative estimate of drug-likeness (QED) is 0.829. The predicted octanol–water partition coefficient (Wildman–Crippen LogP) is 4.08. The number of anilines is 1. The highest BCUT2D eigenvalue weighted by atomic mass is 16.5. The molecule has 1 saturated heterocycles. The van der Waals surface area contributed by atoms with Crippen molar-refractivity contribution in [2.45, 2.75) is 90.1 Å². The second-order valence-corrected chi connectivity index (χ2v) is 8.77. The molecule has 1 saturated carbocycles. The molecule has 2 N–H and O–H groups in total. The summed E-state index contributed by atoms with van der Waals surface area (Å²) in [5.74, 6) is 0.933. The van der Waals surface area contributed by atoms with Gasteiger partial charge in [-0.3, -0.25) is 4.90 Å². The van der Waals surface area contributed by atoms with Gasteiger partial charge in [-0.1, -0.05) is 20.3 Å². The molecule has 2 fully saturated rings. The molecule has 0 bridgehead atoms. The van der Waals surface area contributed by atoms with Gasteiger partial charge in [0.2, 0.25) is 0 Å². The van der Waals surface area contributed by atoms with Crippen LogP contribution in [0.4, 0.5) is 5.82 Å². The molecule has 0 radical (unpaired) electrons. The Balaban J connectivity index is 1.54. The number of nitrogens with zero attached hydrogens (tertiary/aromatic N) is 4. The fourth-order valence-electron chi connectivity index (χ4n) is 4.56. The van der Waals surface area contributed by atoms with Crippen molar-refractivity contribution in [2.75, 3.05) is 12.3 Å². The molecule has 0 spiro atoms. The van der Waals surface area contributed by atoms with Crippen LogP contribution in [0.1, 0.15) is 77.5 Å². The molecule has 2 atom stereocenters. The molecule has 2 aromatic rings. The number of ether oxygens (including phenoxy) is 1. The molecular weight excluding hydrogens is 338 g/mol. The van der Waals surface area contributed by atoms with Crippen molar-refractivity contribution in [3.63, 3.8) is 0 Å². The van der Waals surface area contributed by atoms with Crippen LogP contribution < -0.4 is 5.73 Å². The van der Waals surface area contributed by atoms with Crippen LogP contribution >= 0.6 is 0 Å². The largest absolute Gasteiger partial charge is 0.383 e. The van der Waals surface area contributed by atoms with Gasteiger partial charge < -0.3 is 15.0 Å². The second kappa shape index (κ2) is 7.40. The fourth-order valence-corrected chi connectivity index (χ4v) is 4.56. The zero-order chi connectivity index (χ0) is 19.1. The summed E-state index contributed by atoms with van der Waals surface area (Å²) in [6, 6.07) is 1.32. The fraction of sp³-hybridized carbons (Fsp3) is 0.714. The molecule has 148 valence electrons. The van der Waals surface area contributed by atoms with Crippen molar-refractivity contribution in [2.24, 2.45) is 0 Å². The van der Waals surface area contributed by atoms with Crippen LogP contribution in [-0.4, -0.2) is 44.2 Å². The Kier molecular flexibility index (Phi) is 5.12. The van der Waals surface area contributed by atoms with Crippen LogP contribution in [0.5, 0.6) is 0 Å². The predicted molar refractivity (Wildman–Crippen MR) is 109 cm³/mol. The Morgan fingerprint density at radius 1 is 1.19 bits per heavy atom. The van der Waals surface area contributed by atoms with E-state index >= 15 is 0 Å². The standard InChI is InChI=1S/C21H33N5O/c1-13(2)17-11-26(21-19(17)20(22)23-12-24-21)18-9-8-16(27-18)10-25(14(3)4)15-6-5-7-15/h11-16,18H,5-10H2,1-4H3,(H2,22,23,24). The maximum atomic E-state index is 6.51. The zero-order valence-corrected chi connectivity index (χ0v) is 17.1. The Labute approximate surface area is 162 Å². The monoisotopic (exact) mass is 371 g/mol. The number of rotatable bonds is 6. The zero-order valence-electron chi connectivity index (χ0n) is 17.1. The van der Waals surface area contributed by atoms with Gasteiger partial charge in [0.25, 0.3) is 0 Å². The summed E-state index contributed by atoms with van der Waals surface area (Å²) >= 11 is 0. The minimum atomic E-state index is 0.0368. The lowest BCUT2D eigenvalue weighted by molar-refractivity contribution is -0.0311. The number of nitrogen functional groups attached to an aromatic ring is 1. The van der Waals surface area contributed by atoms with Crippen LogP contribution in [0.25, 0.3) is 11.0 Å². The smallest absolute Gasteiger partial charge is 0.147 e. The summed E-state index contributed by atoms with van der Waals surface area (Å²) in [7, 11) is 0. The van der Waals surface area contributed by atoms with E-state index in [9.17, 15) is 0 Å². The van der Waals surface area contributed by atoms with Crippen molar-refractivity contribution in [3.05, 3.63) is 18.1 Å². The van der Waals surface area contributed by atoms with Gasteiger partial charge in [0.15, 0.2) is 0 Å². The topological polar surface area (TPSA) is 69.2 Å². The minimum absolute atomic E-state index is 0.0368. The molecule has 2 aliphatic rings. The van der Waals surface area contributed by atoms with Crippen molar-refractivity contribution >= 4 is 16.9 Å². The van der Waals surface area contributed by atoms with Gasteiger partial charge in [0, 0.05) is 24.8 Å². The van der Waals surface area contributed by atoms with E-state index < -0.39 is 0 Å². The van der Waals surface area contributed by atoms with Crippen molar-refractivity contribution in [1.29, 1.82) is 0 Å². The van der Waals surface area contributed by atoms with Gasteiger partial charge in [0.1, 0.15) is 24.0 Å². The van der Waals surface area contributed by atoms with Crippen LogP contribution in [0, 0.1) is 0 Å². The first-order valence-electron chi connectivity index (χ1n) is 10.5. The highest BCUT2D eigenvalue weighted by Gasteiger charge is 2.34. The molecule has 27 heavy (non-hydrogen) atoms. The van der Waals surface area contributed by atoms with E-state index in [2.05, 4.69) is 53.3 Å². The third-order valence-electron chi connectivity index (χ3n) is 6.31. The van der Waals surface area contributed by atoms with Crippen LogP contribution in [0.15, 0.2) is 12.5 Å². The molecular formula is C21H33N5O. The summed E-state index contributed by atoms with van der Waals surface area (Å²) in [5.41, 5.74) is 8.28. The van der Waals surface area contributed by atoms with Crippen molar-refractivity contribution in [1.82, 2.24) is 19.4 Å². The van der Waals surface area contributed by atoms with Crippen LogP contribution in [-0.2, 0) is 4.74 Å². The van der Waals surface area contributed by atoms with Gasteiger partial charge in [-0.25, -0.2) is 9.97 Å². The lowest BCUT2D eigenvalue weighted by Gasteiger charge is -2.41. The van der Waals surface area contributed by atoms with Crippen molar-refractivity contribution < 1.29 is 4.74 Å². The Bertz CT molecular complexity index is 795. The minimum Gasteiger partial charge on any atom is -0.383 e. The Hall–Kier alpha value is -1.66. The average Bonchev–Trinajstić information content (AvgIpc) is 3.17. The van der Waals surface area contributed by atoms with E-state index in [1.165, 1.54) is 24.8 Å². The maximum Gasteiger partial charge on any atom is 0.147 e. The van der Waals surface area contributed by atoms with Gasteiger partial charge in [-0.15, -0.1) is 0 Å². The molecule has 3 heterocycles. The van der Waals surface area contributed by atoms with Gasteiger partial charge in [0.05, 0.1) is 11.5 Å². The number of hydrogen-bond acceptors (Lipinski definition) is 5. The van der Waals surface area contributed by atoms with E-state index in [0.29, 0.717) is 17.8 Å². The van der Waals surface area contributed by atoms with E-state index in [1.54, 1.807) is 6.33 Å². The number of nitrogens with two attached hydrogens (primary N) is 1. The SMILES string of the molecule is CC(C)c1cn(C2CCC(CN(C(C)C)C3CCC3)O2)c2ncnc(N)c12. The molecule has 0 amide bonds. The van der Waals surface area contributed by atoms with E-state index in [1.807, 2.05) is 0 Å². The molecule has 4 rings (SSSR count). The molecule has 2 aromatic heterocycles. The number of aromatic nitrogens is 3. The van der Waals surface area contributed by atoms with Gasteiger partial charge in [-0.2, -0.15) is 0 Å². The van der Waals surface area contributed by atoms with E-state index in [-0.39, 0.29) is 12.3 Å². The summed E-state index contributed by atoms with van der Waals surface area (Å²) in [6.45, 7) is 10.0. The second-order valence-electron chi connectivity index (χ2n) is 8.77. The van der Waals surface area contributed by atoms with Crippen LogP contribution in [0.3, 0.4) is 0 Å². The normalized spacial score (nSPS) is 23.8. The lowest BCUT2D eigenvalue weighted by atomic mass is 9.90. The lowest BCUT2D eigenvalue weighted by Crippen LogP contribution is -2.47. The summed E-state index contributed by atoms with van der Waals surface area (Å²) in [5, 5.41) is 0.984. The van der Waals surface area contributed by atoms with E-state index in [4.69, 9.17) is 10.5 Å². The first-order chi connectivity index (χ1) is 13.0. The summed E-state index contributed by atoms with van der Waals surface area (Å²) < 4.78 is 8.69. The van der Waals surface area contributed by atoms with Gasteiger partial charge in [-0.05, 0) is 51.0 Å². The number of fused-ring (bicyclic) bond motifs is 1. The molecule has 1 aliphatic carbocycles. The van der Waals surface area contributed by atoms with E-state index in [0.717, 1.165) is 36.5 Å². The highest BCUT2D eigenvalue weighted by Crippen LogP contribution is 2.37. The Morgan fingerprint density at radius 3 is 2.59 bits per heavy atom. The Morgan fingerprint density at radius 2 is 1.96 bits per heavy atom. The van der Waals surface area contributed by atoms with Crippen molar-refractivity contribution in [3.8, 4) is 0 Å². The first-order valence-corrected chi connectivity index (χ1v) is 10.5. The molecule has 1 aliphatic heterocycles. The average molecular weight is 372 g/mol. The third-order valence-corrected chi connectivity index (χ3v) is 6.31. The summed E-state index contributed by atoms with van der Waals surface area (Å²) in [6.07, 6.45) is 10.2. The number of hydrogen-bond donors (Lipinski definition) is 1. The first kappa shape index (κ1) is 18.7.